The summed E-state index contributed by atoms with van der Waals surface area (Å²) < 4.78 is 10.2. The third kappa shape index (κ3) is 4.15. The van der Waals surface area contributed by atoms with Crippen molar-refractivity contribution in [1.29, 1.82) is 0 Å². The lowest BCUT2D eigenvalue weighted by molar-refractivity contribution is 0.0321. The van der Waals surface area contributed by atoms with E-state index < -0.39 is 18.0 Å². The molecule has 1 N–H and O–H groups in total. The van der Waals surface area contributed by atoms with Gasteiger partial charge >= 0.3 is 11.9 Å². The Balaban J connectivity index is 1.73. The normalized spacial score (nSPS) is 16.8. The van der Waals surface area contributed by atoms with Crippen LogP contribution in [0, 0.1) is 19.8 Å². The van der Waals surface area contributed by atoms with Gasteiger partial charge in [-0.1, -0.05) is 13.3 Å². The van der Waals surface area contributed by atoms with Gasteiger partial charge in [0.1, 0.15) is 4.88 Å². The van der Waals surface area contributed by atoms with Crippen LogP contribution in [0.15, 0.2) is 6.07 Å². The Morgan fingerprint density at radius 1 is 1.28 bits per heavy atom. The standard InChI is InChI=1S/C22H27NO5S/c1-6-14-7-8-16-15(9-14)10-17(29-16)21(25)28-13(4)20(24)19-11(2)18(12(3)23-19)22(26)27-5/h10,13-14,23H,6-9H2,1-5H3/t13-,14+/m0/s1. The predicted octanol–water partition coefficient (Wildman–Crippen LogP) is 4.42. The van der Waals surface area contributed by atoms with Crippen LogP contribution < -0.4 is 0 Å². The van der Waals surface area contributed by atoms with Crippen molar-refractivity contribution in [1.82, 2.24) is 4.98 Å². The minimum absolute atomic E-state index is 0.263. The largest absolute Gasteiger partial charge is 0.465 e. The maximum Gasteiger partial charge on any atom is 0.349 e. The number of aryl methyl sites for hydroxylation is 2. The molecule has 0 bridgehead atoms. The Kier molecular flexibility index (Phi) is 6.27. The summed E-state index contributed by atoms with van der Waals surface area (Å²) >= 11 is 1.47. The molecule has 0 fully saturated rings. The molecule has 0 aliphatic heterocycles. The number of aromatic nitrogens is 1. The quantitative estimate of drug-likeness (QED) is 0.555. The molecule has 0 radical (unpaired) electrons. The van der Waals surface area contributed by atoms with E-state index in [9.17, 15) is 14.4 Å². The Bertz CT molecular complexity index is 955. The lowest BCUT2D eigenvalue weighted by Crippen LogP contribution is -2.25. The molecule has 0 aromatic carbocycles. The molecule has 0 saturated carbocycles. The van der Waals surface area contributed by atoms with Crippen LogP contribution in [-0.2, 0) is 22.3 Å². The minimum atomic E-state index is -0.965. The van der Waals surface area contributed by atoms with E-state index in [0.29, 0.717) is 27.6 Å². The molecule has 6 nitrogen and oxygen atoms in total. The van der Waals surface area contributed by atoms with Crippen LogP contribution in [0.25, 0.3) is 0 Å². The molecule has 2 heterocycles. The van der Waals surface area contributed by atoms with Crippen molar-refractivity contribution in [2.24, 2.45) is 5.92 Å². The number of nitrogens with one attached hydrogen (secondary N) is 1. The molecule has 2 aromatic rings. The third-order valence-electron chi connectivity index (χ3n) is 5.69. The van der Waals surface area contributed by atoms with E-state index in [1.165, 1.54) is 28.9 Å². The number of ether oxygens (including phenoxy) is 2. The fourth-order valence-electron chi connectivity index (χ4n) is 3.93. The van der Waals surface area contributed by atoms with E-state index in [1.54, 1.807) is 20.8 Å². The second-order valence-electron chi connectivity index (χ2n) is 7.60. The van der Waals surface area contributed by atoms with Crippen LogP contribution in [0.2, 0.25) is 0 Å². The van der Waals surface area contributed by atoms with E-state index in [1.807, 2.05) is 6.07 Å². The second kappa shape index (κ2) is 8.53. The van der Waals surface area contributed by atoms with Crippen LogP contribution >= 0.6 is 11.3 Å². The number of hydrogen-bond acceptors (Lipinski definition) is 6. The van der Waals surface area contributed by atoms with E-state index in [-0.39, 0.29) is 11.5 Å². The van der Waals surface area contributed by atoms with E-state index in [2.05, 4.69) is 11.9 Å². The van der Waals surface area contributed by atoms with Gasteiger partial charge in [-0.25, -0.2) is 9.59 Å². The number of H-pyrrole nitrogens is 1. The molecule has 1 aliphatic rings. The Labute approximate surface area is 174 Å². The van der Waals surface area contributed by atoms with Crippen LogP contribution in [0.5, 0.6) is 0 Å². The summed E-state index contributed by atoms with van der Waals surface area (Å²) in [7, 11) is 1.30. The monoisotopic (exact) mass is 417 g/mol. The lowest BCUT2D eigenvalue weighted by Gasteiger charge is -2.19. The molecule has 0 amide bonds. The van der Waals surface area contributed by atoms with E-state index in [0.717, 1.165) is 25.7 Å². The number of carbonyl (C=O) groups is 3. The van der Waals surface area contributed by atoms with Gasteiger partial charge in [0, 0.05) is 10.6 Å². The molecule has 156 valence electrons. The number of fused-ring (bicyclic) bond motifs is 1. The van der Waals surface area contributed by atoms with Gasteiger partial charge < -0.3 is 14.5 Å². The summed E-state index contributed by atoms with van der Waals surface area (Å²) in [5.74, 6) is -0.687. The Hall–Kier alpha value is -2.41. The summed E-state index contributed by atoms with van der Waals surface area (Å²) in [6.07, 6.45) is 3.33. The summed E-state index contributed by atoms with van der Waals surface area (Å²) in [5, 5.41) is 0. The first kappa shape index (κ1) is 21.3. The highest BCUT2D eigenvalue weighted by Gasteiger charge is 2.29. The van der Waals surface area contributed by atoms with Crippen molar-refractivity contribution < 1.29 is 23.9 Å². The van der Waals surface area contributed by atoms with Gasteiger partial charge in [0.15, 0.2) is 6.10 Å². The van der Waals surface area contributed by atoms with Crippen LogP contribution in [0.1, 0.15) is 78.9 Å². The highest BCUT2D eigenvalue weighted by atomic mass is 32.1. The number of carbonyl (C=O) groups excluding carboxylic acids is 3. The fourth-order valence-corrected chi connectivity index (χ4v) is 5.02. The fraction of sp³-hybridized carbons (Fsp3) is 0.500. The number of Topliss-reactive ketones (excluding diaryl/α,β-unsaturated/α-hetero) is 1. The number of aromatic amines is 1. The molecule has 0 saturated heterocycles. The first-order chi connectivity index (χ1) is 13.8. The van der Waals surface area contributed by atoms with Crippen LogP contribution in [0.4, 0.5) is 0 Å². The zero-order valence-corrected chi connectivity index (χ0v) is 18.3. The lowest BCUT2D eigenvalue weighted by atomic mass is 9.87. The average Bonchev–Trinajstić information content (AvgIpc) is 3.26. The smallest absolute Gasteiger partial charge is 0.349 e. The van der Waals surface area contributed by atoms with E-state index >= 15 is 0 Å². The number of ketones is 1. The molecule has 0 unspecified atom stereocenters. The van der Waals surface area contributed by atoms with Gasteiger partial charge in [-0.05, 0) is 63.1 Å². The molecule has 3 rings (SSSR count). The van der Waals surface area contributed by atoms with Gasteiger partial charge in [-0.15, -0.1) is 11.3 Å². The molecule has 7 heteroatoms. The highest BCUT2D eigenvalue weighted by molar-refractivity contribution is 7.14. The molecular formula is C22H27NO5S. The van der Waals surface area contributed by atoms with Crippen molar-refractivity contribution >= 4 is 29.1 Å². The second-order valence-corrected chi connectivity index (χ2v) is 8.74. The summed E-state index contributed by atoms with van der Waals surface area (Å²) in [6.45, 7) is 7.12. The molecular weight excluding hydrogens is 390 g/mol. The average molecular weight is 418 g/mol. The molecule has 1 aliphatic carbocycles. The molecule has 2 aromatic heterocycles. The summed E-state index contributed by atoms with van der Waals surface area (Å²) in [4.78, 5) is 42.1. The van der Waals surface area contributed by atoms with Gasteiger partial charge in [0.2, 0.25) is 5.78 Å². The maximum atomic E-state index is 12.8. The molecule has 2 atom stereocenters. The number of hydrogen-bond donors (Lipinski definition) is 1. The van der Waals surface area contributed by atoms with Crippen molar-refractivity contribution in [2.75, 3.05) is 7.11 Å². The maximum absolute atomic E-state index is 12.8. The minimum Gasteiger partial charge on any atom is -0.465 e. The number of methoxy groups -OCH3 is 1. The Morgan fingerprint density at radius 2 is 2.00 bits per heavy atom. The van der Waals surface area contributed by atoms with Crippen molar-refractivity contribution in [3.63, 3.8) is 0 Å². The van der Waals surface area contributed by atoms with Gasteiger partial charge in [-0.3, -0.25) is 4.79 Å². The third-order valence-corrected chi connectivity index (χ3v) is 6.91. The van der Waals surface area contributed by atoms with Gasteiger partial charge in [0.05, 0.1) is 18.4 Å². The number of esters is 2. The van der Waals surface area contributed by atoms with Crippen LogP contribution in [-0.4, -0.2) is 35.9 Å². The number of rotatable bonds is 6. The van der Waals surface area contributed by atoms with Gasteiger partial charge in [-0.2, -0.15) is 0 Å². The van der Waals surface area contributed by atoms with Crippen molar-refractivity contribution in [3.8, 4) is 0 Å². The summed E-state index contributed by atoms with van der Waals surface area (Å²) in [5.41, 5.74) is 2.88. The SMILES string of the molecule is CC[C@@H]1CCc2sc(C(=O)O[C@@H](C)C(=O)c3[nH]c(C)c(C(=O)OC)c3C)cc2C1. The molecule has 0 spiro atoms. The highest BCUT2D eigenvalue weighted by Crippen LogP contribution is 2.34. The van der Waals surface area contributed by atoms with Crippen LogP contribution in [0.3, 0.4) is 0 Å². The topological polar surface area (TPSA) is 85.5 Å². The molecule has 29 heavy (non-hydrogen) atoms. The first-order valence-electron chi connectivity index (χ1n) is 9.91. The first-order valence-corrected chi connectivity index (χ1v) is 10.7. The van der Waals surface area contributed by atoms with Crippen molar-refractivity contribution in [2.45, 2.75) is 59.5 Å². The van der Waals surface area contributed by atoms with E-state index in [4.69, 9.17) is 9.47 Å². The Morgan fingerprint density at radius 3 is 2.66 bits per heavy atom. The summed E-state index contributed by atoms with van der Waals surface area (Å²) in [6, 6.07) is 1.92. The zero-order valence-electron chi connectivity index (χ0n) is 17.5. The zero-order chi connectivity index (χ0) is 21.3. The number of thiophene rings is 1. The predicted molar refractivity (Wildman–Crippen MR) is 111 cm³/mol. The van der Waals surface area contributed by atoms with Crippen molar-refractivity contribution in [3.05, 3.63) is 43.9 Å². The van der Waals surface area contributed by atoms with Gasteiger partial charge in [0.25, 0.3) is 0 Å².